The molecule has 0 aromatic heterocycles. The van der Waals surface area contributed by atoms with Crippen molar-refractivity contribution in [2.75, 3.05) is 7.05 Å². The van der Waals surface area contributed by atoms with Crippen LogP contribution >= 0.6 is 0 Å². The summed E-state index contributed by atoms with van der Waals surface area (Å²) >= 11 is 0. The Labute approximate surface area is 147 Å². The molecule has 4 nitrogen and oxygen atoms in total. The van der Waals surface area contributed by atoms with Gasteiger partial charge in [0, 0.05) is 18.5 Å². The summed E-state index contributed by atoms with van der Waals surface area (Å²) in [7, 11) is 1.81. The second-order valence-corrected chi connectivity index (χ2v) is 7.22. The van der Waals surface area contributed by atoms with Gasteiger partial charge in [0.25, 0.3) is 0 Å². The maximum Gasteiger partial charge on any atom is 0.239 e. The van der Waals surface area contributed by atoms with E-state index in [2.05, 4.69) is 19.9 Å². The van der Waals surface area contributed by atoms with Crippen molar-refractivity contribution >= 4 is 5.91 Å². The Morgan fingerprint density at radius 2 is 2.04 bits per heavy atom. The minimum absolute atomic E-state index is 0.233. The Balaban J connectivity index is 1.88. The molecule has 1 atom stereocenters. The van der Waals surface area contributed by atoms with Crippen LogP contribution in [0.3, 0.4) is 0 Å². The van der Waals surface area contributed by atoms with E-state index in [4.69, 9.17) is 10.5 Å². The van der Waals surface area contributed by atoms with Crippen molar-refractivity contribution in [2.24, 2.45) is 5.73 Å². The van der Waals surface area contributed by atoms with Gasteiger partial charge in [-0.25, -0.2) is 4.39 Å². The number of amides is 1. The molecule has 1 amide bonds. The van der Waals surface area contributed by atoms with Gasteiger partial charge < -0.3 is 10.5 Å². The van der Waals surface area contributed by atoms with Crippen LogP contribution in [0.25, 0.3) is 0 Å². The molecular formula is C20H23FN2O2. The van der Waals surface area contributed by atoms with E-state index < -0.39 is 11.9 Å². The SMILES string of the molecule is CN(Cc1cccc2c1OC(C)(C)C2)[C@@H](C(N)=O)c1cccc(F)c1. The first-order valence-corrected chi connectivity index (χ1v) is 8.32. The van der Waals surface area contributed by atoms with Crippen molar-refractivity contribution in [3.05, 3.63) is 65.0 Å². The number of fused-ring (bicyclic) bond motifs is 1. The molecule has 1 aliphatic rings. The van der Waals surface area contributed by atoms with Gasteiger partial charge in [0.05, 0.1) is 0 Å². The molecule has 0 radical (unpaired) electrons. The second-order valence-electron chi connectivity index (χ2n) is 7.22. The van der Waals surface area contributed by atoms with E-state index in [9.17, 15) is 9.18 Å². The molecule has 2 N–H and O–H groups in total. The Kier molecular flexibility index (Phi) is 4.52. The van der Waals surface area contributed by atoms with E-state index in [0.29, 0.717) is 12.1 Å². The highest BCUT2D eigenvalue weighted by molar-refractivity contribution is 5.81. The van der Waals surface area contributed by atoms with E-state index in [0.717, 1.165) is 23.3 Å². The van der Waals surface area contributed by atoms with Crippen LogP contribution in [0.2, 0.25) is 0 Å². The first-order valence-electron chi connectivity index (χ1n) is 8.32. The number of nitrogens with zero attached hydrogens (tertiary/aromatic N) is 1. The van der Waals surface area contributed by atoms with Gasteiger partial charge in [0.2, 0.25) is 5.91 Å². The third-order valence-corrected chi connectivity index (χ3v) is 4.47. The van der Waals surface area contributed by atoms with E-state index in [1.807, 2.05) is 17.0 Å². The molecule has 0 aliphatic carbocycles. The lowest BCUT2D eigenvalue weighted by Crippen LogP contribution is -2.35. The monoisotopic (exact) mass is 342 g/mol. The van der Waals surface area contributed by atoms with E-state index in [1.165, 1.54) is 12.1 Å². The molecule has 25 heavy (non-hydrogen) atoms. The molecule has 132 valence electrons. The van der Waals surface area contributed by atoms with Crippen molar-refractivity contribution < 1.29 is 13.9 Å². The molecule has 0 saturated heterocycles. The largest absolute Gasteiger partial charge is 0.487 e. The molecule has 1 aliphatic heterocycles. The summed E-state index contributed by atoms with van der Waals surface area (Å²) < 4.78 is 19.6. The van der Waals surface area contributed by atoms with Crippen LogP contribution in [0.5, 0.6) is 5.75 Å². The van der Waals surface area contributed by atoms with Crippen LogP contribution < -0.4 is 10.5 Å². The zero-order valence-corrected chi connectivity index (χ0v) is 14.8. The molecule has 0 spiro atoms. The van der Waals surface area contributed by atoms with Crippen molar-refractivity contribution in [1.29, 1.82) is 0 Å². The molecule has 0 bridgehead atoms. The van der Waals surface area contributed by atoms with Gasteiger partial charge in [-0.05, 0) is 44.2 Å². The number of halogens is 1. The van der Waals surface area contributed by atoms with Crippen molar-refractivity contribution in [1.82, 2.24) is 4.90 Å². The zero-order chi connectivity index (χ0) is 18.2. The fraction of sp³-hybridized carbons (Fsp3) is 0.350. The van der Waals surface area contributed by atoms with Crippen LogP contribution in [-0.2, 0) is 17.8 Å². The van der Waals surface area contributed by atoms with Crippen molar-refractivity contribution in [3.8, 4) is 5.75 Å². The highest BCUT2D eigenvalue weighted by Gasteiger charge is 2.32. The highest BCUT2D eigenvalue weighted by atomic mass is 19.1. The number of hydrogen-bond donors (Lipinski definition) is 1. The number of likely N-dealkylation sites (N-methyl/N-ethyl adjacent to an activating group) is 1. The van der Waals surface area contributed by atoms with Crippen molar-refractivity contribution in [3.63, 3.8) is 0 Å². The summed E-state index contributed by atoms with van der Waals surface area (Å²) in [5, 5.41) is 0. The van der Waals surface area contributed by atoms with E-state index >= 15 is 0 Å². The molecule has 0 saturated carbocycles. The minimum atomic E-state index is -0.707. The molecule has 2 aromatic rings. The van der Waals surface area contributed by atoms with Gasteiger partial charge in [-0.2, -0.15) is 0 Å². The quantitative estimate of drug-likeness (QED) is 0.908. The summed E-state index contributed by atoms with van der Waals surface area (Å²) in [4.78, 5) is 13.8. The van der Waals surface area contributed by atoms with Gasteiger partial charge in [0.15, 0.2) is 0 Å². The summed E-state index contributed by atoms with van der Waals surface area (Å²) in [5.74, 6) is -0.0217. The average Bonchev–Trinajstić information content (AvgIpc) is 2.82. The topological polar surface area (TPSA) is 55.6 Å². The van der Waals surface area contributed by atoms with Gasteiger partial charge in [-0.1, -0.05) is 30.3 Å². The first-order chi connectivity index (χ1) is 11.8. The first kappa shape index (κ1) is 17.4. The number of rotatable bonds is 5. The molecule has 2 aromatic carbocycles. The lowest BCUT2D eigenvalue weighted by atomic mass is 10.00. The number of hydrogen-bond acceptors (Lipinski definition) is 3. The molecule has 1 heterocycles. The number of para-hydroxylation sites is 1. The number of carbonyl (C=O) groups excluding carboxylic acids is 1. The molecule has 0 unspecified atom stereocenters. The Hall–Kier alpha value is -2.40. The van der Waals surface area contributed by atoms with Crippen LogP contribution in [0.1, 0.15) is 36.6 Å². The summed E-state index contributed by atoms with van der Waals surface area (Å²) in [6, 6.07) is 11.3. The highest BCUT2D eigenvalue weighted by Crippen LogP contribution is 2.38. The predicted molar refractivity (Wildman–Crippen MR) is 94.7 cm³/mol. The summed E-state index contributed by atoms with van der Waals surface area (Å²) in [6.45, 7) is 4.59. The maximum absolute atomic E-state index is 13.6. The molecule has 5 heteroatoms. The second kappa shape index (κ2) is 6.48. The molecule has 3 rings (SSSR count). The maximum atomic E-state index is 13.6. The van der Waals surface area contributed by atoms with Crippen molar-refractivity contribution in [2.45, 2.75) is 38.5 Å². The van der Waals surface area contributed by atoms with E-state index in [1.54, 1.807) is 19.2 Å². The molecular weight excluding hydrogens is 319 g/mol. The minimum Gasteiger partial charge on any atom is -0.487 e. The fourth-order valence-corrected chi connectivity index (χ4v) is 3.48. The van der Waals surface area contributed by atoms with Gasteiger partial charge >= 0.3 is 0 Å². The number of carbonyl (C=O) groups is 1. The third-order valence-electron chi connectivity index (χ3n) is 4.47. The number of primary amides is 1. The van der Waals surface area contributed by atoms with Crippen LogP contribution in [0.4, 0.5) is 4.39 Å². The Morgan fingerprint density at radius 1 is 1.32 bits per heavy atom. The van der Waals surface area contributed by atoms with Crippen LogP contribution in [0, 0.1) is 5.82 Å². The summed E-state index contributed by atoms with van der Waals surface area (Å²) in [6.07, 6.45) is 0.850. The van der Waals surface area contributed by atoms with Crippen LogP contribution in [0.15, 0.2) is 42.5 Å². The van der Waals surface area contributed by atoms with Gasteiger partial charge in [-0.15, -0.1) is 0 Å². The predicted octanol–water partition coefficient (Wildman–Crippen LogP) is 3.20. The average molecular weight is 342 g/mol. The Morgan fingerprint density at radius 3 is 2.72 bits per heavy atom. The summed E-state index contributed by atoms with van der Waals surface area (Å²) in [5.41, 5.74) is 8.06. The lowest BCUT2D eigenvalue weighted by Gasteiger charge is -2.27. The Bertz CT molecular complexity index is 804. The fourth-order valence-electron chi connectivity index (χ4n) is 3.48. The lowest BCUT2D eigenvalue weighted by molar-refractivity contribution is -0.123. The normalized spacial score (nSPS) is 16.4. The zero-order valence-electron chi connectivity index (χ0n) is 14.8. The van der Waals surface area contributed by atoms with Crippen LogP contribution in [-0.4, -0.2) is 23.5 Å². The van der Waals surface area contributed by atoms with E-state index in [-0.39, 0.29) is 11.4 Å². The standard InChI is InChI=1S/C20H23FN2O2/c1-20(2)11-14-7-4-8-15(18(14)25-20)12-23(3)17(19(22)24)13-6-5-9-16(21)10-13/h4-10,17H,11-12H2,1-3H3,(H2,22,24)/t17-/m1/s1. The van der Waals surface area contributed by atoms with Gasteiger partial charge in [0.1, 0.15) is 23.2 Å². The number of benzene rings is 2. The third kappa shape index (κ3) is 3.66. The smallest absolute Gasteiger partial charge is 0.239 e. The number of ether oxygens (including phenoxy) is 1. The molecule has 0 fully saturated rings. The van der Waals surface area contributed by atoms with Gasteiger partial charge in [-0.3, -0.25) is 9.69 Å². The number of nitrogens with two attached hydrogens (primary N) is 1.